The summed E-state index contributed by atoms with van der Waals surface area (Å²) in [5, 5.41) is 37.1. The van der Waals surface area contributed by atoms with Crippen LogP contribution in [0.3, 0.4) is 0 Å². The number of aliphatic hydroxyl groups excluding tert-OH is 2. The van der Waals surface area contributed by atoms with Crippen molar-refractivity contribution in [2.75, 3.05) is 147 Å². The third-order valence-electron chi connectivity index (χ3n) is 25.9. The van der Waals surface area contributed by atoms with Gasteiger partial charge in [0.1, 0.15) is 6.04 Å². The van der Waals surface area contributed by atoms with Crippen molar-refractivity contribution in [2.24, 2.45) is 0 Å². The fraction of sp³-hybridized carbons (Fsp3) is 0.404. The highest BCUT2D eigenvalue weighted by atomic mass is 79.9. The lowest BCUT2D eigenvalue weighted by atomic mass is 9.75. The molecule has 0 bridgehead atoms. The Hall–Kier alpha value is -10.9. The van der Waals surface area contributed by atoms with Crippen molar-refractivity contribution < 1.29 is 76.8 Å². The molecule has 8 fully saturated rings. The molecule has 0 spiro atoms. The molecule has 0 radical (unpaired) electrons. The number of pyridine rings is 5. The number of alkyl halides is 3. The molecule has 2 atom stereocenters. The van der Waals surface area contributed by atoms with E-state index in [2.05, 4.69) is 123 Å². The molecule has 31 nitrogen and oxygen atoms in total. The van der Waals surface area contributed by atoms with Crippen LogP contribution >= 0.6 is 39.1 Å². The Bertz CT molecular complexity index is 5960. The lowest BCUT2D eigenvalue weighted by molar-refractivity contribution is -0.135. The van der Waals surface area contributed by atoms with Crippen LogP contribution in [-0.4, -0.2) is 257 Å². The predicted octanol–water partition coefficient (Wildman–Crippen LogP) is 11.5. The number of rotatable bonds is 18. The van der Waals surface area contributed by atoms with Crippen molar-refractivity contribution in [2.45, 2.75) is 139 Å². The largest absolute Gasteiger partial charge is 0.495 e. The van der Waals surface area contributed by atoms with Crippen molar-refractivity contribution in [1.82, 2.24) is 60.5 Å². The summed E-state index contributed by atoms with van der Waals surface area (Å²) in [4.78, 5) is 115. The first-order chi connectivity index (χ1) is 67.5. The normalized spacial score (nSPS) is 19.2. The summed E-state index contributed by atoms with van der Waals surface area (Å²) in [6, 6.07) is 48.8. The van der Waals surface area contributed by atoms with Crippen molar-refractivity contribution >= 4 is 142 Å². The molecule has 139 heavy (non-hydrogen) atoms. The van der Waals surface area contributed by atoms with Gasteiger partial charge < -0.3 is 59.2 Å². The molecular formula is C104H119BBrCl2N15O16. The molecule has 22 rings (SSSR count). The number of benzene rings is 6. The van der Waals surface area contributed by atoms with E-state index in [1.807, 2.05) is 155 Å². The van der Waals surface area contributed by atoms with Crippen LogP contribution in [0, 0.1) is 0 Å². The smallest absolute Gasteiger partial charge is 0.399 e. The van der Waals surface area contributed by atoms with E-state index in [9.17, 15) is 33.6 Å². The number of morpholine rings is 5. The number of aromatic nitrogens is 5. The van der Waals surface area contributed by atoms with E-state index in [0.29, 0.717) is 48.6 Å². The number of ether oxygens (including phenoxy) is 5. The molecule has 11 aliphatic heterocycles. The third kappa shape index (κ3) is 27.1. The van der Waals surface area contributed by atoms with Crippen molar-refractivity contribution in [3.8, 4) is 0 Å². The molecule has 16 heterocycles. The van der Waals surface area contributed by atoms with E-state index < -0.39 is 19.1 Å². The van der Waals surface area contributed by atoms with Gasteiger partial charge in [-0.15, -0.1) is 23.2 Å². The zero-order chi connectivity index (χ0) is 97.4. The Kier molecular flexibility index (Phi) is 36.5. The molecule has 8 saturated heterocycles. The van der Waals surface area contributed by atoms with Gasteiger partial charge in [-0.1, -0.05) is 101 Å². The van der Waals surface area contributed by atoms with E-state index in [0.717, 1.165) is 281 Å². The van der Waals surface area contributed by atoms with Crippen LogP contribution in [0.1, 0.15) is 152 Å². The number of piperidine rings is 2. The lowest BCUT2D eigenvalue weighted by Gasteiger charge is -2.32. The van der Waals surface area contributed by atoms with Crippen LogP contribution < -0.4 is 36.9 Å². The minimum absolute atomic E-state index is 0.0121. The van der Waals surface area contributed by atoms with Crippen molar-refractivity contribution in [1.29, 1.82) is 0 Å². The fourth-order valence-corrected chi connectivity index (χ4v) is 18.1. The van der Waals surface area contributed by atoms with Gasteiger partial charge in [-0.05, 0) is 181 Å². The maximum atomic E-state index is 13.3. The topological polar surface area (TPSA) is 365 Å². The average Bonchev–Trinajstić information content (AvgIpc) is 1.58. The monoisotopic (exact) mass is 1990 g/mol. The van der Waals surface area contributed by atoms with E-state index in [1.165, 1.54) is 11.1 Å². The van der Waals surface area contributed by atoms with Crippen LogP contribution in [0.15, 0.2) is 183 Å². The van der Waals surface area contributed by atoms with Gasteiger partial charge >= 0.3 is 7.12 Å². The molecule has 5 aromatic heterocycles. The van der Waals surface area contributed by atoms with Gasteiger partial charge in [0.25, 0.3) is 17.7 Å². The summed E-state index contributed by atoms with van der Waals surface area (Å²) in [7, 11) is -0.426. The highest BCUT2D eigenvalue weighted by Crippen LogP contribution is 2.43. The SMILES string of the molecule is C1COCCN1.CC1(C)OB(c2ccc3c4c(cccc24)C(=O)N3)OC1(C)C.ClCc1ccc(CN2CCOCC2)nc1.O=C1CCC(Br)C(=O)N1.O=C1CCC(N2C(=O)c3cccc4c(Cc5ccc(CN6CCOCC6)nc5)ccc2c34)C(=O)N1.O=C1Nc2ccc(Cc3ccc(CN4CCOCC4)nc3)c3cccc1c23.OCc1ccc(CCl)nc1.OCc1ccc(CN2CCOCC2)nc1. The molecule has 11 aromatic rings. The standard InChI is InChI=1S/C27H26N4O4.C22H21N3O2.C17H18BNO3.C11H15ClN2O.C11H16N2O2.C7H8ClNO.C5H6BrNO2.C4H9NO/c32-24-9-8-23(26(33)29-24)31-22-7-5-18(20-2-1-3-21(25(20)22)27(31)34)14-17-4-6-19(28-15-17)16-30-10-12-35-13-11-30;26-22-19-3-1-2-18-16(5-7-20(24-22)21(18)19)12-15-4-6-17(23-13-15)14-25-8-10-27-11-9-25;1-16(2)17(3,4)22-18(21-16)12-8-9-13-14-10(12)6-5-7-11(14)15(20)19-13;12-7-10-1-2-11(13-8-10)9-14-3-5-15-6-4-14;14-9-10-1-2-11(12-7-10)8-13-3-5-15-6-4-13;8-3-7-2-1-6(5-10)4-9-7;6-3-1-2-4(8)7-5(3)9;1-3-6-4-2-5-1/h1-7,15,23H,8-14,16H2,(H,29,32,33);1-7,13H,8-12,14H2,(H,24,26);5-9H,1-4H3,(H,19,20);1-2,8H,3-7,9H2;1-2,7,14H,3-6,8-9H2;1-2,4,10H,3,5H2;3H,1-2H2,(H,7,8,9);5H,1-4H2. The first kappa shape index (κ1) is 102. The van der Waals surface area contributed by atoms with Gasteiger partial charge in [0.05, 0.1) is 135 Å². The van der Waals surface area contributed by atoms with Crippen LogP contribution in [0.4, 0.5) is 17.1 Å². The number of nitrogens with zero attached hydrogens (tertiary/aromatic N) is 10. The molecule has 730 valence electrons. The number of imide groups is 2. The summed E-state index contributed by atoms with van der Waals surface area (Å²) in [5.74, 6) is -0.387. The fourth-order valence-electron chi connectivity index (χ4n) is 17.4. The van der Waals surface area contributed by atoms with Gasteiger partial charge in [0, 0.05) is 186 Å². The summed E-state index contributed by atoms with van der Waals surface area (Å²) in [6.07, 6.45) is 12.2. The number of aliphatic hydroxyl groups is 2. The Morgan fingerprint density at radius 3 is 1.19 bits per heavy atom. The highest BCUT2D eigenvalue weighted by Gasteiger charge is 2.52. The number of halogens is 3. The Balaban J connectivity index is 0.000000127. The molecule has 7 N–H and O–H groups in total. The maximum Gasteiger partial charge on any atom is 0.495 e. The van der Waals surface area contributed by atoms with E-state index in [1.54, 1.807) is 23.4 Å². The number of hydrogen-bond donors (Lipinski definition) is 7. The zero-order valence-corrected chi connectivity index (χ0v) is 81.9. The number of carbonyl (C=O) groups is 7. The van der Waals surface area contributed by atoms with Gasteiger partial charge in [-0.3, -0.25) is 93.6 Å². The quantitative estimate of drug-likeness (QED) is 0.0238. The average molecular weight is 2000 g/mol. The number of anilines is 3. The van der Waals surface area contributed by atoms with Crippen molar-refractivity contribution in [3.63, 3.8) is 0 Å². The van der Waals surface area contributed by atoms with Gasteiger partial charge in [-0.2, -0.15) is 0 Å². The minimum Gasteiger partial charge on any atom is -0.399 e. The van der Waals surface area contributed by atoms with E-state index in [-0.39, 0.29) is 71.1 Å². The second kappa shape index (κ2) is 49.5. The highest BCUT2D eigenvalue weighted by molar-refractivity contribution is 9.10. The molecule has 7 amide bonds. The van der Waals surface area contributed by atoms with Gasteiger partial charge in [0.2, 0.25) is 23.6 Å². The summed E-state index contributed by atoms with van der Waals surface area (Å²) >= 11 is 14.3. The molecule has 2 unspecified atom stereocenters. The Labute approximate surface area is 827 Å². The van der Waals surface area contributed by atoms with E-state index in [4.69, 9.17) is 66.4 Å². The molecule has 0 saturated carbocycles. The van der Waals surface area contributed by atoms with E-state index >= 15 is 0 Å². The lowest BCUT2D eigenvalue weighted by Crippen LogP contribution is -2.53. The number of nitrogens with one attached hydrogen (secondary N) is 5. The first-order valence-corrected chi connectivity index (χ1v) is 49.3. The summed E-state index contributed by atoms with van der Waals surface area (Å²) in [6.45, 7) is 29.8. The number of hydrogen-bond acceptors (Lipinski definition) is 26. The molecule has 0 aliphatic carbocycles. The molecular weight excluding hydrogens is 1880 g/mol. The van der Waals surface area contributed by atoms with Gasteiger partial charge in [-0.25, -0.2) is 0 Å². The Morgan fingerprint density at radius 2 is 0.799 bits per heavy atom. The minimum atomic E-state index is -0.676. The van der Waals surface area contributed by atoms with Crippen LogP contribution in [0.5, 0.6) is 0 Å². The second-order valence-corrected chi connectivity index (χ2v) is 37.7. The third-order valence-corrected chi connectivity index (χ3v) is 27.3. The number of carbonyl (C=O) groups excluding carboxylic acids is 7. The summed E-state index contributed by atoms with van der Waals surface area (Å²) in [5.41, 5.74) is 17.3. The molecule has 6 aromatic carbocycles. The van der Waals surface area contributed by atoms with Crippen molar-refractivity contribution in [3.05, 3.63) is 267 Å². The van der Waals surface area contributed by atoms with Gasteiger partial charge in [0.15, 0.2) is 0 Å². The van der Waals surface area contributed by atoms with Crippen LogP contribution in [0.25, 0.3) is 32.3 Å². The second-order valence-electron chi connectivity index (χ2n) is 36.1. The zero-order valence-electron chi connectivity index (χ0n) is 78.8. The van der Waals surface area contributed by atoms with Crippen LogP contribution in [-0.2, 0) is 116 Å². The first-order valence-electron chi connectivity index (χ1n) is 47.3. The van der Waals surface area contributed by atoms with Crippen LogP contribution in [0.2, 0.25) is 0 Å². The Morgan fingerprint density at radius 1 is 0.410 bits per heavy atom. The maximum absolute atomic E-state index is 13.3. The summed E-state index contributed by atoms with van der Waals surface area (Å²) < 4.78 is 38.7. The predicted molar refractivity (Wildman–Crippen MR) is 537 cm³/mol. The molecule has 35 heteroatoms. The molecule has 11 aliphatic rings. The number of amides is 7.